The van der Waals surface area contributed by atoms with Crippen LogP contribution in [0.4, 0.5) is 34.1 Å². The second-order valence-electron chi connectivity index (χ2n) is 17.6. The van der Waals surface area contributed by atoms with E-state index in [0.29, 0.717) is 0 Å². The molecule has 11 aromatic carbocycles. The van der Waals surface area contributed by atoms with Crippen LogP contribution in [-0.4, -0.2) is 0 Å². The van der Waals surface area contributed by atoms with Crippen LogP contribution >= 0.6 is 0 Å². The van der Waals surface area contributed by atoms with Crippen LogP contribution < -0.4 is 9.80 Å². The van der Waals surface area contributed by atoms with E-state index in [9.17, 15) is 0 Å². The van der Waals surface area contributed by atoms with Gasteiger partial charge in [-0.25, -0.2) is 0 Å². The number of anilines is 6. The molecule has 0 amide bonds. The summed E-state index contributed by atoms with van der Waals surface area (Å²) in [5, 5.41) is 2.40. The zero-order valence-electron chi connectivity index (χ0n) is 36.8. The summed E-state index contributed by atoms with van der Waals surface area (Å²) >= 11 is 0. The molecular formula is C65H44N2. The van der Waals surface area contributed by atoms with Crippen molar-refractivity contribution < 1.29 is 0 Å². The zero-order valence-corrected chi connectivity index (χ0v) is 36.8. The number of benzene rings is 11. The van der Waals surface area contributed by atoms with Crippen LogP contribution in [0.15, 0.2) is 267 Å². The zero-order chi connectivity index (χ0) is 44.3. The number of nitrogens with zero attached hydrogens (tertiary/aromatic N) is 2. The van der Waals surface area contributed by atoms with Crippen LogP contribution in [0.2, 0.25) is 0 Å². The minimum Gasteiger partial charge on any atom is -0.310 e. The highest BCUT2D eigenvalue weighted by atomic mass is 15.2. The summed E-state index contributed by atoms with van der Waals surface area (Å²) < 4.78 is 0. The average Bonchev–Trinajstić information content (AvgIpc) is 3.70. The van der Waals surface area contributed by atoms with Crippen molar-refractivity contribution in [2.45, 2.75) is 5.41 Å². The first-order chi connectivity index (χ1) is 33.3. The lowest BCUT2D eigenvalue weighted by Gasteiger charge is -2.45. The van der Waals surface area contributed by atoms with Crippen molar-refractivity contribution in [1.29, 1.82) is 0 Å². The van der Waals surface area contributed by atoms with Crippen LogP contribution in [0.1, 0.15) is 22.3 Å². The molecule has 1 aliphatic heterocycles. The van der Waals surface area contributed by atoms with Crippen LogP contribution in [0.25, 0.3) is 55.3 Å². The molecule has 0 saturated heterocycles. The van der Waals surface area contributed by atoms with Gasteiger partial charge < -0.3 is 9.80 Å². The molecule has 0 aromatic heterocycles. The maximum Gasteiger partial charge on any atom is 0.0754 e. The van der Waals surface area contributed by atoms with Crippen molar-refractivity contribution >= 4 is 44.9 Å². The second kappa shape index (κ2) is 15.8. The third-order valence-corrected chi connectivity index (χ3v) is 14.1. The first kappa shape index (κ1) is 38.7. The summed E-state index contributed by atoms with van der Waals surface area (Å²) in [6.45, 7) is 0. The van der Waals surface area contributed by atoms with Crippen molar-refractivity contribution in [3.63, 3.8) is 0 Å². The third-order valence-electron chi connectivity index (χ3n) is 14.1. The highest BCUT2D eigenvalue weighted by Crippen LogP contribution is 2.63. The average molecular weight is 853 g/mol. The van der Waals surface area contributed by atoms with Crippen molar-refractivity contribution in [3.8, 4) is 44.5 Å². The van der Waals surface area contributed by atoms with Crippen LogP contribution in [0.3, 0.4) is 0 Å². The summed E-state index contributed by atoms with van der Waals surface area (Å²) in [6.07, 6.45) is 0. The van der Waals surface area contributed by atoms with Gasteiger partial charge in [0.25, 0.3) is 0 Å². The molecule has 11 aromatic rings. The first-order valence-electron chi connectivity index (χ1n) is 23.2. The fourth-order valence-electron chi connectivity index (χ4n) is 11.2. The molecule has 2 heteroatoms. The van der Waals surface area contributed by atoms with E-state index in [2.05, 4.69) is 277 Å². The molecule has 2 aliphatic rings. The Bertz CT molecular complexity index is 3490. The quantitative estimate of drug-likeness (QED) is 0.158. The number of fused-ring (bicyclic) bond motifs is 10. The lowest BCUT2D eigenvalue weighted by Crippen LogP contribution is -2.36. The van der Waals surface area contributed by atoms with E-state index in [1.165, 1.54) is 88.9 Å². The van der Waals surface area contributed by atoms with Crippen LogP contribution in [-0.2, 0) is 5.41 Å². The normalized spacial score (nSPS) is 12.9. The largest absolute Gasteiger partial charge is 0.310 e. The molecule has 2 nitrogen and oxygen atoms in total. The molecule has 0 unspecified atom stereocenters. The molecule has 314 valence electrons. The minimum absolute atomic E-state index is 0.499. The Labute approximate surface area is 391 Å². The summed E-state index contributed by atoms with van der Waals surface area (Å²) in [5.74, 6) is 0. The van der Waals surface area contributed by atoms with Crippen LogP contribution in [0, 0.1) is 0 Å². The molecule has 1 spiro atoms. The van der Waals surface area contributed by atoms with Gasteiger partial charge in [0.15, 0.2) is 0 Å². The number of para-hydroxylation sites is 3. The van der Waals surface area contributed by atoms with Crippen molar-refractivity contribution in [2.75, 3.05) is 9.80 Å². The maximum absolute atomic E-state index is 2.46. The monoisotopic (exact) mass is 852 g/mol. The van der Waals surface area contributed by atoms with Gasteiger partial charge >= 0.3 is 0 Å². The molecule has 0 saturated carbocycles. The highest BCUT2D eigenvalue weighted by molar-refractivity contribution is 6.07. The van der Waals surface area contributed by atoms with Crippen molar-refractivity contribution in [1.82, 2.24) is 0 Å². The van der Waals surface area contributed by atoms with Gasteiger partial charge in [-0.15, -0.1) is 0 Å². The number of hydrogen-bond donors (Lipinski definition) is 0. The fraction of sp³-hybridized carbons (Fsp3) is 0.0154. The van der Waals surface area contributed by atoms with E-state index in [0.717, 1.165) is 22.7 Å². The summed E-state index contributed by atoms with van der Waals surface area (Å²) in [7, 11) is 0. The van der Waals surface area contributed by atoms with Gasteiger partial charge in [-0.2, -0.15) is 0 Å². The van der Waals surface area contributed by atoms with Crippen molar-refractivity contribution in [3.05, 3.63) is 289 Å². The lowest BCUT2D eigenvalue weighted by atomic mass is 9.64. The molecule has 1 aliphatic carbocycles. The van der Waals surface area contributed by atoms with Gasteiger partial charge in [-0.3, -0.25) is 0 Å². The standard InChI is InChI=1S/C65H44N2/c1-4-18-45(19-5-1)47-32-37-51(38-33-47)66(52-39-34-48(35-40-52)46-20-6-2-7-21-46)62-43-41-53(54-24-10-11-26-56(54)62)49-36-42-59-57(44-49)55-25-12-13-27-58(55)65(59)60-28-14-16-30-63(60)67(50-22-8-3-9-23-50)64-31-17-15-29-61(64)65/h1-44H. The van der Waals surface area contributed by atoms with Gasteiger partial charge in [0.1, 0.15) is 0 Å². The van der Waals surface area contributed by atoms with E-state index in [1.807, 2.05) is 0 Å². The molecule has 0 bridgehead atoms. The Morgan fingerprint density at radius 3 is 1.33 bits per heavy atom. The topological polar surface area (TPSA) is 6.48 Å². The number of rotatable bonds is 7. The number of hydrogen-bond acceptors (Lipinski definition) is 2. The molecule has 13 rings (SSSR count). The highest BCUT2D eigenvalue weighted by Gasteiger charge is 2.51. The lowest BCUT2D eigenvalue weighted by molar-refractivity contribution is 0.753. The van der Waals surface area contributed by atoms with E-state index in [-0.39, 0.29) is 0 Å². The Hall–Kier alpha value is -8.72. The Morgan fingerprint density at radius 1 is 0.284 bits per heavy atom. The Morgan fingerprint density at radius 2 is 0.731 bits per heavy atom. The molecule has 0 radical (unpaired) electrons. The predicted molar refractivity (Wildman–Crippen MR) is 280 cm³/mol. The summed E-state index contributed by atoms with van der Waals surface area (Å²) in [6, 6.07) is 98.0. The first-order valence-corrected chi connectivity index (χ1v) is 23.2. The van der Waals surface area contributed by atoms with Gasteiger partial charge in [0, 0.05) is 22.4 Å². The molecule has 1 heterocycles. The van der Waals surface area contributed by atoms with Gasteiger partial charge in [0.2, 0.25) is 0 Å². The molecular weight excluding hydrogens is 809 g/mol. The molecule has 67 heavy (non-hydrogen) atoms. The minimum atomic E-state index is -0.499. The smallest absolute Gasteiger partial charge is 0.0754 e. The van der Waals surface area contributed by atoms with E-state index in [4.69, 9.17) is 0 Å². The molecule has 0 atom stereocenters. The third kappa shape index (κ3) is 6.11. The van der Waals surface area contributed by atoms with Gasteiger partial charge in [-0.05, 0) is 133 Å². The SMILES string of the molecule is c1ccc(-c2ccc(N(c3ccc(-c4ccccc4)cc3)c3ccc(-c4ccc5c(c4)-c4ccccc4C54c5ccccc5N(c5ccccc5)c5ccccc54)c4ccccc34)cc2)cc1. The van der Waals surface area contributed by atoms with Crippen LogP contribution in [0.5, 0.6) is 0 Å². The second-order valence-corrected chi connectivity index (χ2v) is 17.6. The summed E-state index contributed by atoms with van der Waals surface area (Å²) in [5.41, 5.74) is 21.4. The molecule has 0 N–H and O–H groups in total. The van der Waals surface area contributed by atoms with Crippen molar-refractivity contribution in [2.24, 2.45) is 0 Å². The maximum atomic E-state index is 2.46. The summed E-state index contributed by atoms with van der Waals surface area (Å²) in [4.78, 5) is 4.85. The van der Waals surface area contributed by atoms with Gasteiger partial charge in [-0.1, -0.05) is 206 Å². The predicted octanol–water partition coefficient (Wildman–Crippen LogP) is 17.5. The van der Waals surface area contributed by atoms with E-state index >= 15 is 0 Å². The van der Waals surface area contributed by atoms with Gasteiger partial charge in [0.05, 0.1) is 22.5 Å². The Balaban J connectivity index is 0.971. The molecule has 0 fully saturated rings. The fourth-order valence-corrected chi connectivity index (χ4v) is 11.2. The van der Waals surface area contributed by atoms with E-state index in [1.54, 1.807) is 0 Å². The van der Waals surface area contributed by atoms with E-state index < -0.39 is 5.41 Å². The Kier molecular flexibility index (Phi) is 9.11.